The molecule has 1 aromatic rings. The lowest BCUT2D eigenvalue weighted by Gasteiger charge is -2.54. The minimum absolute atomic E-state index is 0.0892. The number of nitrogens with one attached hydrogen (secondary N) is 3. The van der Waals surface area contributed by atoms with Crippen LogP contribution in [-0.4, -0.2) is 59.3 Å². The van der Waals surface area contributed by atoms with Crippen molar-refractivity contribution >= 4 is 35.0 Å². The number of alkyl halides is 2. The summed E-state index contributed by atoms with van der Waals surface area (Å²) in [5.41, 5.74) is 0.590. The van der Waals surface area contributed by atoms with E-state index < -0.39 is 60.2 Å². The minimum atomic E-state index is -3.10. The van der Waals surface area contributed by atoms with Crippen molar-refractivity contribution in [2.75, 3.05) is 11.9 Å². The molecule has 0 radical (unpaired) electrons. The van der Waals surface area contributed by atoms with Crippen LogP contribution >= 0.6 is 11.6 Å². The van der Waals surface area contributed by atoms with Gasteiger partial charge in [-0.3, -0.25) is 14.4 Å². The van der Waals surface area contributed by atoms with Crippen LogP contribution in [0.3, 0.4) is 0 Å². The summed E-state index contributed by atoms with van der Waals surface area (Å²) >= 11 is 6.02. The van der Waals surface area contributed by atoms with Crippen LogP contribution in [0, 0.1) is 23.2 Å². The Morgan fingerprint density at radius 1 is 1.33 bits per heavy atom. The second-order valence-corrected chi connectivity index (χ2v) is 10.4. The van der Waals surface area contributed by atoms with Crippen LogP contribution in [-0.2, 0) is 14.4 Å². The first kappa shape index (κ1) is 26.1. The first-order chi connectivity index (χ1) is 17.1. The molecule has 3 saturated heterocycles. The van der Waals surface area contributed by atoms with E-state index in [1.807, 2.05) is 6.07 Å². The summed E-state index contributed by atoms with van der Waals surface area (Å²) in [7, 11) is 0. The number of nitriles is 1. The highest BCUT2D eigenvalue weighted by atomic mass is 35.5. The molecular formula is C25H30ClF2N5O3. The summed E-state index contributed by atoms with van der Waals surface area (Å²) in [6, 6.07) is 4.74. The lowest BCUT2D eigenvalue weighted by atomic mass is 9.71. The maximum absolute atomic E-state index is 14.9. The Hall–Kier alpha value is -2.93. The molecule has 4 aliphatic rings. The van der Waals surface area contributed by atoms with Crippen molar-refractivity contribution in [3.8, 4) is 6.07 Å². The molecule has 3 amide bonds. The van der Waals surface area contributed by atoms with Crippen LogP contribution < -0.4 is 16.0 Å². The van der Waals surface area contributed by atoms with Gasteiger partial charge in [-0.15, -0.1) is 0 Å². The quantitative estimate of drug-likeness (QED) is 0.510. The summed E-state index contributed by atoms with van der Waals surface area (Å²) in [4.78, 5) is 40.3. The van der Waals surface area contributed by atoms with Crippen molar-refractivity contribution in [3.05, 3.63) is 29.3 Å². The Bertz CT molecular complexity index is 1060. The molecule has 3 aliphatic heterocycles. The number of carbonyl (C=O) groups is 3. The van der Waals surface area contributed by atoms with E-state index in [2.05, 4.69) is 16.0 Å². The van der Waals surface area contributed by atoms with Crippen LogP contribution in [0.15, 0.2) is 24.3 Å². The number of halogens is 3. The number of rotatable bonds is 7. The molecule has 1 aromatic carbocycles. The molecule has 1 aliphatic carbocycles. The number of carbonyl (C=O) groups excluding carboxylic acids is 3. The number of hydrogen-bond acceptors (Lipinski definition) is 5. The zero-order chi connectivity index (χ0) is 26.0. The number of nitrogens with zero attached hydrogens (tertiary/aromatic N) is 2. The largest absolute Gasteiger partial charge is 0.374 e. The van der Waals surface area contributed by atoms with Crippen LogP contribution in [0.2, 0.25) is 5.02 Å². The number of fused-ring (bicyclic) bond motifs is 3. The van der Waals surface area contributed by atoms with E-state index in [1.54, 1.807) is 31.2 Å². The van der Waals surface area contributed by atoms with Crippen molar-refractivity contribution in [1.29, 1.82) is 5.26 Å². The SMILES string of the molecule is C[C@@H](Nc1cccc(Cl)c1)C(=O)N1[C@@H]2CC[C@H]([C@H]1C(=O)N[C@@H](C#N)C[C@@H]1CCCNC1=O)C(F)(F)C2. The van der Waals surface area contributed by atoms with Gasteiger partial charge in [0.2, 0.25) is 17.7 Å². The zero-order valence-corrected chi connectivity index (χ0v) is 20.7. The highest BCUT2D eigenvalue weighted by molar-refractivity contribution is 6.30. The van der Waals surface area contributed by atoms with E-state index >= 15 is 0 Å². The van der Waals surface area contributed by atoms with Gasteiger partial charge in [-0.1, -0.05) is 17.7 Å². The van der Waals surface area contributed by atoms with E-state index in [9.17, 15) is 28.4 Å². The van der Waals surface area contributed by atoms with Crippen molar-refractivity contribution in [3.63, 3.8) is 0 Å². The fourth-order valence-corrected chi connectivity index (χ4v) is 5.87. The van der Waals surface area contributed by atoms with Gasteiger partial charge >= 0.3 is 0 Å². The Morgan fingerprint density at radius 2 is 2.11 bits per heavy atom. The number of piperidine rings is 3. The van der Waals surface area contributed by atoms with Gasteiger partial charge in [-0.25, -0.2) is 8.78 Å². The number of anilines is 1. The van der Waals surface area contributed by atoms with Crippen molar-refractivity contribution in [2.45, 2.75) is 75.5 Å². The average molecular weight is 522 g/mol. The van der Waals surface area contributed by atoms with E-state index in [0.29, 0.717) is 30.1 Å². The first-order valence-corrected chi connectivity index (χ1v) is 12.7. The van der Waals surface area contributed by atoms with Crippen LogP contribution in [0.1, 0.15) is 45.4 Å². The molecule has 5 rings (SSSR count). The molecule has 0 unspecified atom stereocenters. The Balaban J connectivity index is 1.52. The zero-order valence-electron chi connectivity index (χ0n) is 20.0. The van der Waals surface area contributed by atoms with Crippen molar-refractivity contribution in [2.24, 2.45) is 11.8 Å². The van der Waals surface area contributed by atoms with Crippen LogP contribution in [0.5, 0.6) is 0 Å². The summed E-state index contributed by atoms with van der Waals surface area (Å²) in [5, 5.41) is 18.4. The normalized spacial score (nSPS) is 28.4. The van der Waals surface area contributed by atoms with Crippen LogP contribution in [0.4, 0.5) is 14.5 Å². The average Bonchev–Trinajstić information content (AvgIpc) is 2.83. The van der Waals surface area contributed by atoms with Gasteiger partial charge in [0, 0.05) is 35.6 Å². The molecule has 194 valence electrons. The molecular weight excluding hydrogens is 492 g/mol. The van der Waals surface area contributed by atoms with E-state index in [1.165, 1.54) is 4.90 Å². The maximum Gasteiger partial charge on any atom is 0.255 e. The van der Waals surface area contributed by atoms with Gasteiger partial charge in [0.1, 0.15) is 18.1 Å². The third-order valence-corrected chi connectivity index (χ3v) is 7.66. The molecule has 36 heavy (non-hydrogen) atoms. The van der Waals surface area contributed by atoms with Gasteiger partial charge < -0.3 is 20.9 Å². The van der Waals surface area contributed by atoms with E-state index in [4.69, 9.17) is 11.6 Å². The highest BCUT2D eigenvalue weighted by Gasteiger charge is 2.60. The predicted octanol–water partition coefficient (Wildman–Crippen LogP) is 3.08. The van der Waals surface area contributed by atoms with Gasteiger partial charge in [0.25, 0.3) is 5.92 Å². The Labute approximate surface area is 213 Å². The van der Waals surface area contributed by atoms with Gasteiger partial charge in [-0.05, 0) is 57.2 Å². The smallest absolute Gasteiger partial charge is 0.255 e. The lowest BCUT2D eigenvalue weighted by Crippen LogP contribution is -2.70. The summed E-state index contributed by atoms with van der Waals surface area (Å²) < 4.78 is 29.8. The molecule has 2 bridgehead atoms. The fraction of sp³-hybridized carbons (Fsp3) is 0.600. The second kappa shape index (κ2) is 10.6. The fourth-order valence-electron chi connectivity index (χ4n) is 5.68. The van der Waals surface area contributed by atoms with Gasteiger partial charge in [0.05, 0.1) is 12.0 Å². The molecule has 3 N–H and O–H groups in total. The van der Waals surface area contributed by atoms with Crippen LogP contribution in [0.25, 0.3) is 0 Å². The van der Waals surface area contributed by atoms with Gasteiger partial charge in [0.15, 0.2) is 0 Å². The lowest BCUT2D eigenvalue weighted by molar-refractivity contribution is -0.194. The maximum atomic E-state index is 14.9. The van der Waals surface area contributed by atoms with E-state index in [0.717, 1.165) is 6.42 Å². The molecule has 0 aromatic heterocycles. The second-order valence-electron chi connectivity index (χ2n) is 9.93. The molecule has 6 atom stereocenters. The van der Waals surface area contributed by atoms with Crippen molar-refractivity contribution < 1.29 is 23.2 Å². The topological polar surface area (TPSA) is 114 Å². The molecule has 4 fully saturated rings. The number of amides is 3. The molecule has 0 spiro atoms. The summed E-state index contributed by atoms with van der Waals surface area (Å²) in [5.74, 6) is -6.32. The number of benzene rings is 1. The molecule has 11 heteroatoms. The number of hydrogen-bond donors (Lipinski definition) is 3. The van der Waals surface area contributed by atoms with E-state index in [-0.39, 0.29) is 18.7 Å². The highest BCUT2D eigenvalue weighted by Crippen LogP contribution is 2.49. The van der Waals surface area contributed by atoms with Crippen molar-refractivity contribution in [1.82, 2.24) is 15.5 Å². The minimum Gasteiger partial charge on any atom is -0.374 e. The Kier molecular flexibility index (Phi) is 7.69. The van der Waals surface area contributed by atoms with Gasteiger partial charge in [-0.2, -0.15) is 5.26 Å². The third kappa shape index (κ3) is 5.41. The monoisotopic (exact) mass is 521 g/mol. The standard InChI is InChI=1S/C25H30ClF2N5O3/c1-14(31-17-6-2-5-16(26)11-17)24(36)33-19-7-8-20(25(27,28)12-19)21(33)23(35)32-18(13-29)10-15-4-3-9-30-22(15)34/h2,5-6,11,14-15,18-21,31H,3-4,7-10,12H2,1H3,(H,30,34)(H,32,35)/t14-,15+,18-,19-,20-,21+/m1/s1. The molecule has 8 nitrogen and oxygen atoms in total. The summed E-state index contributed by atoms with van der Waals surface area (Å²) in [6.45, 7) is 2.18. The predicted molar refractivity (Wildman–Crippen MR) is 129 cm³/mol. The summed E-state index contributed by atoms with van der Waals surface area (Å²) in [6.07, 6.45) is 1.43. The Morgan fingerprint density at radius 3 is 2.78 bits per heavy atom. The molecule has 3 heterocycles. The molecule has 1 saturated carbocycles. The third-order valence-electron chi connectivity index (χ3n) is 7.43. The first-order valence-electron chi connectivity index (χ1n) is 12.3.